The van der Waals surface area contributed by atoms with Crippen LogP contribution in [0.15, 0.2) is 11.6 Å². The summed E-state index contributed by atoms with van der Waals surface area (Å²) in [5.41, 5.74) is 3.61. The number of allylic oxidation sites excluding steroid dienone is 1. The fourth-order valence-electron chi connectivity index (χ4n) is 8.37. The Morgan fingerprint density at radius 2 is 1.53 bits per heavy atom. The van der Waals surface area contributed by atoms with Crippen LogP contribution in [-0.2, 0) is 9.16 Å². The zero-order valence-corrected chi connectivity index (χ0v) is 24.7. The van der Waals surface area contributed by atoms with Crippen LogP contribution in [0.2, 0.25) is 16.6 Å². The van der Waals surface area contributed by atoms with Gasteiger partial charge in [0.1, 0.15) is 0 Å². The maximum Gasteiger partial charge on any atom is 0.200 e. The van der Waals surface area contributed by atoms with Gasteiger partial charge in [-0.2, -0.15) is 0 Å². The minimum Gasteiger partial charge on any atom is -0.412 e. The van der Waals surface area contributed by atoms with E-state index in [2.05, 4.69) is 54.5 Å². The van der Waals surface area contributed by atoms with Crippen molar-refractivity contribution >= 4 is 8.32 Å². The Hall–Kier alpha value is -0.163. The van der Waals surface area contributed by atoms with Crippen molar-refractivity contribution in [1.29, 1.82) is 0 Å². The first-order valence-electron chi connectivity index (χ1n) is 14.7. The molecule has 3 rings (SSSR count). The van der Waals surface area contributed by atoms with E-state index in [9.17, 15) is 5.11 Å². The third-order valence-electron chi connectivity index (χ3n) is 9.74. The summed E-state index contributed by atoms with van der Waals surface area (Å²) >= 11 is 0. The summed E-state index contributed by atoms with van der Waals surface area (Å²) in [7, 11) is -2.03. The molecule has 0 amide bonds. The molecule has 0 saturated heterocycles. The third-order valence-corrected chi connectivity index (χ3v) is 15.8. The Kier molecular flexibility index (Phi) is 9.96. The second-order valence-electron chi connectivity index (χ2n) is 13.0. The summed E-state index contributed by atoms with van der Waals surface area (Å²) < 4.78 is 14.7. The van der Waals surface area contributed by atoms with Crippen LogP contribution in [0.4, 0.5) is 0 Å². The first kappa shape index (κ1) is 28.4. The number of rotatable bonds is 10. The van der Waals surface area contributed by atoms with Crippen molar-refractivity contribution in [1.82, 2.24) is 0 Å². The number of ether oxygens (including phenoxy) is 1. The minimum atomic E-state index is -2.03. The van der Waals surface area contributed by atoms with Crippen molar-refractivity contribution in [3.05, 3.63) is 11.6 Å². The second-order valence-corrected chi connectivity index (χ2v) is 18.4. The van der Waals surface area contributed by atoms with Crippen LogP contribution < -0.4 is 0 Å². The highest BCUT2D eigenvalue weighted by Gasteiger charge is 2.60. The number of hydrogen-bond donors (Lipinski definition) is 1. The van der Waals surface area contributed by atoms with Crippen molar-refractivity contribution in [3.8, 4) is 0 Å². The summed E-state index contributed by atoms with van der Waals surface area (Å²) in [5, 5.41) is 10.0. The molecule has 5 atom stereocenters. The zero-order valence-electron chi connectivity index (χ0n) is 23.7. The lowest BCUT2D eigenvalue weighted by Crippen LogP contribution is -2.55. The van der Waals surface area contributed by atoms with E-state index in [1.54, 1.807) is 5.57 Å². The van der Waals surface area contributed by atoms with Gasteiger partial charge < -0.3 is 14.3 Å². The molecule has 0 aromatic heterocycles. The summed E-state index contributed by atoms with van der Waals surface area (Å²) in [4.78, 5) is 0. The second kappa shape index (κ2) is 11.9. The van der Waals surface area contributed by atoms with Gasteiger partial charge in [0.05, 0.1) is 24.4 Å². The van der Waals surface area contributed by atoms with Gasteiger partial charge in [0, 0.05) is 11.3 Å². The molecular formula is C30H56O3Si. The van der Waals surface area contributed by atoms with Gasteiger partial charge in [-0.3, -0.25) is 0 Å². The lowest BCUT2D eigenvalue weighted by molar-refractivity contribution is -0.112. The molecule has 4 heteroatoms. The molecule has 0 heterocycles. The largest absolute Gasteiger partial charge is 0.412 e. The molecule has 198 valence electrons. The summed E-state index contributed by atoms with van der Waals surface area (Å²) in [6, 6.07) is 0. The molecule has 2 fully saturated rings. The summed E-state index contributed by atoms with van der Waals surface area (Å²) in [6.07, 6.45) is 16.3. The first-order chi connectivity index (χ1) is 16.0. The smallest absolute Gasteiger partial charge is 0.200 e. The molecule has 0 unspecified atom stereocenters. The van der Waals surface area contributed by atoms with E-state index >= 15 is 0 Å². The highest BCUT2D eigenvalue weighted by atomic mass is 28.4. The van der Waals surface area contributed by atoms with Crippen LogP contribution in [-0.4, -0.2) is 37.8 Å². The molecule has 3 aliphatic carbocycles. The molecule has 0 aliphatic heterocycles. The predicted molar refractivity (Wildman–Crippen MR) is 147 cm³/mol. The fourth-order valence-corrected chi connectivity index (χ4v) is 14.0. The van der Waals surface area contributed by atoms with Gasteiger partial charge in [-0.05, 0) is 81.8 Å². The van der Waals surface area contributed by atoms with Crippen molar-refractivity contribution in [2.75, 3.05) is 0 Å². The van der Waals surface area contributed by atoms with E-state index in [0.717, 1.165) is 6.42 Å². The predicted octanol–water partition coefficient (Wildman–Crippen LogP) is 8.56. The van der Waals surface area contributed by atoms with Gasteiger partial charge in [0.2, 0.25) is 8.32 Å². The van der Waals surface area contributed by atoms with E-state index in [-0.39, 0.29) is 23.7 Å². The summed E-state index contributed by atoms with van der Waals surface area (Å²) in [6.45, 7) is 18.7. The molecule has 3 aliphatic rings. The Morgan fingerprint density at radius 1 is 0.912 bits per heavy atom. The molecule has 1 spiro atoms. The van der Waals surface area contributed by atoms with Gasteiger partial charge in [0.25, 0.3) is 0 Å². The lowest BCUT2D eigenvalue weighted by Gasteiger charge is -2.51. The standard InChI is InChI=1S/C30H56O3Si/c1-21(2)34(22(3)4,23(5)6)33-29-27(26-15-11-9-12-16-26)20-28(32-25(8)19-24(7)31)30(29)17-13-10-14-18-30/h15,21-25,27-29,31H,9-14,16-20H2,1-8H3/t24-,25-,27-,28-,29-/m0/s1. The highest BCUT2D eigenvalue weighted by molar-refractivity contribution is 6.77. The van der Waals surface area contributed by atoms with Gasteiger partial charge in [0.15, 0.2) is 0 Å². The van der Waals surface area contributed by atoms with Crippen LogP contribution in [0, 0.1) is 11.3 Å². The van der Waals surface area contributed by atoms with Gasteiger partial charge in [-0.25, -0.2) is 0 Å². The maximum atomic E-state index is 10.0. The van der Waals surface area contributed by atoms with Crippen molar-refractivity contribution < 1.29 is 14.3 Å². The van der Waals surface area contributed by atoms with Crippen molar-refractivity contribution in [2.24, 2.45) is 11.3 Å². The van der Waals surface area contributed by atoms with Crippen LogP contribution in [0.1, 0.15) is 126 Å². The quantitative estimate of drug-likeness (QED) is 0.245. The summed E-state index contributed by atoms with van der Waals surface area (Å²) in [5.74, 6) is 0.505. The average Bonchev–Trinajstić information content (AvgIpc) is 3.03. The molecular weight excluding hydrogens is 436 g/mol. The number of aliphatic hydroxyl groups is 1. The van der Waals surface area contributed by atoms with Crippen molar-refractivity contribution in [2.45, 2.75) is 167 Å². The van der Waals surface area contributed by atoms with Gasteiger partial charge >= 0.3 is 0 Å². The van der Waals surface area contributed by atoms with Crippen LogP contribution in [0.3, 0.4) is 0 Å². The molecule has 1 N–H and O–H groups in total. The molecule has 0 aromatic rings. The van der Waals surface area contributed by atoms with Crippen LogP contribution in [0.25, 0.3) is 0 Å². The monoisotopic (exact) mass is 492 g/mol. The lowest BCUT2D eigenvalue weighted by atomic mass is 9.68. The Morgan fingerprint density at radius 3 is 2.03 bits per heavy atom. The molecule has 0 bridgehead atoms. The number of aliphatic hydroxyl groups excluding tert-OH is 1. The SMILES string of the molecule is CC(C)[Si](O[C@H]1[C@H](C2=CCCCC2)C[C@H](O[C@@H](C)C[C@H](C)O)C12CCCCC2)(C(C)C)C(C)C. The fraction of sp³-hybridized carbons (Fsp3) is 0.933. The van der Waals surface area contributed by atoms with E-state index in [0.29, 0.717) is 35.1 Å². The maximum absolute atomic E-state index is 10.0. The minimum absolute atomic E-state index is 0.0887. The van der Waals surface area contributed by atoms with E-state index in [4.69, 9.17) is 9.16 Å². The molecule has 0 radical (unpaired) electrons. The zero-order chi connectivity index (χ0) is 25.1. The van der Waals surface area contributed by atoms with Gasteiger partial charge in [-0.1, -0.05) is 72.5 Å². The Labute approximate surface area is 212 Å². The molecule has 0 aromatic carbocycles. The van der Waals surface area contributed by atoms with Gasteiger partial charge in [-0.15, -0.1) is 0 Å². The normalized spacial score (nSPS) is 29.8. The van der Waals surface area contributed by atoms with Crippen LogP contribution >= 0.6 is 0 Å². The average molecular weight is 493 g/mol. The van der Waals surface area contributed by atoms with E-state index < -0.39 is 8.32 Å². The first-order valence-corrected chi connectivity index (χ1v) is 16.9. The van der Waals surface area contributed by atoms with E-state index in [1.807, 2.05) is 6.92 Å². The third kappa shape index (κ3) is 5.71. The van der Waals surface area contributed by atoms with E-state index in [1.165, 1.54) is 57.8 Å². The Bertz CT molecular complexity index is 640. The molecule has 34 heavy (non-hydrogen) atoms. The molecule has 3 nitrogen and oxygen atoms in total. The Balaban J connectivity index is 2.05. The highest BCUT2D eigenvalue weighted by Crippen LogP contribution is 2.59. The molecule has 2 saturated carbocycles. The van der Waals surface area contributed by atoms with Crippen LogP contribution in [0.5, 0.6) is 0 Å². The van der Waals surface area contributed by atoms with Crippen molar-refractivity contribution in [3.63, 3.8) is 0 Å². The topological polar surface area (TPSA) is 38.7 Å². The number of hydrogen-bond acceptors (Lipinski definition) is 3.